The van der Waals surface area contributed by atoms with Crippen molar-refractivity contribution in [3.05, 3.63) is 23.3 Å². The topological polar surface area (TPSA) is 86.0 Å². The summed E-state index contributed by atoms with van der Waals surface area (Å²) in [7, 11) is 1.76. The fraction of sp³-hybridized carbons (Fsp3) is 0.708. The van der Waals surface area contributed by atoms with Crippen molar-refractivity contribution in [3.63, 3.8) is 0 Å². The summed E-state index contributed by atoms with van der Waals surface area (Å²) in [6.07, 6.45) is 4.19. The minimum atomic E-state index is -0.912. The fourth-order valence-corrected chi connectivity index (χ4v) is 8.69. The molecule has 2 spiro atoms. The first kappa shape index (κ1) is 18.9. The van der Waals surface area contributed by atoms with Gasteiger partial charge >= 0.3 is 0 Å². The summed E-state index contributed by atoms with van der Waals surface area (Å²) in [5.41, 5.74) is 0.597. The number of piperidine rings is 1. The highest BCUT2D eigenvalue weighted by atomic mass is 16.6. The van der Waals surface area contributed by atoms with Crippen LogP contribution in [0.15, 0.2) is 12.1 Å². The average Bonchev–Trinajstić information content (AvgIpc) is 3.05. The van der Waals surface area contributed by atoms with Gasteiger partial charge in [0.25, 0.3) is 0 Å². The Bertz CT molecular complexity index is 971. The molecule has 2 heterocycles. The third kappa shape index (κ3) is 1.76. The molecule has 6 aliphatic rings. The minimum absolute atomic E-state index is 0.0756. The van der Waals surface area contributed by atoms with Crippen LogP contribution in [-0.2, 0) is 16.6 Å². The van der Waals surface area contributed by atoms with Crippen LogP contribution in [0.4, 0.5) is 0 Å². The molecule has 6 nitrogen and oxygen atoms in total. The molecule has 0 radical (unpaired) electrons. The lowest BCUT2D eigenvalue weighted by Crippen LogP contribution is -2.82. The Morgan fingerprint density at radius 2 is 2.07 bits per heavy atom. The number of hydrogen-bond acceptors (Lipinski definition) is 5. The number of aliphatic hydroxyl groups is 1. The lowest BCUT2D eigenvalue weighted by Gasteiger charge is -2.74. The fourth-order valence-electron chi connectivity index (χ4n) is 8.69. The number of methoxy groups -OCH3 is 1. The summed E-state index contributed by atoms with van der Waals surface area (Å²) in [5, 5.41) is 30.5. The van der Waals surface area contributed by atoms with E-state index in [1.54, 1.807) is 13.2 Å². The second-order valence-corrected chi connectivity index (χ2v) is 10.9. The van der Waals surface area contributed by atoms with Crippen LogP contribution in [-0.4, -0.2) is 58.0 Å². The van der Waals surface area contributed by atoms with E-state index in [9.17, 15) is 10.2 Å². The molecule has 2 aliphatic heterocycles. The molecule has 162 valence electrons. The summed E-state index contributed by atoms with van der Waals surface area (Å²) in [6.45, 7) is 6.51. The lowest BCUT2D eigenvalue weighted by atomic mass is 9.34. The first-order valence-electron chi connectivity index (χ1n) is 11.2. The van der Waals surface area contributed by atoms with Crippen LogP contribution in [0, 0.1) is 16.7 Å². The maximum Gasteiger partial charge on any atom is 0.165 e. The zero-order valence-electron chi connectivity index (χ0n) is 18.3. The highest BCUT2D eigenvalue weighted by Gasteiger charge is 2.81. The number of hydrogen-bond donors (Lipinski definition) is 3. The Balaban J connectivity index is 1.68. The molecule has 1 aromatic rings. The van der Waals surface area contributed by atoms with Crippen molar-refractivity contribution < 1.29 is 19.7 Å². The van der Waals surface area contributed by atoms with Crippen molar-refractivity contribution in [1.29, 1.82) is 5.41 Å². The van der Waals surface area contributed by atoms with Gasteiger partial charge in [0.15, 0.2) is 11.5 Å². The van der Waals surface area contributed by atoms with Gasteiger partial charge in [-0.3, -0.25) is 5.41 Å². The molecule has 3 N–H and O–H groups in total. The highest BCUT2D eigenvalue weighted by Crippen LogP contribution is 2.77. The van der Waals surface area contributed by atoms with Gasteiger partial charge in [0.05, 0.1) is 11.4 Å². The van der Waals surface area contributed by atoms with Crippen molar-refractivity contribution >= 4 is 5.84 Å². The van der Waals surface area contributed by atoms with E-state index in [0.717, 1.165) is 38.6 Å². The van der Waals surface area contributed by atoms with Crippen molar-refractivity contribution in [2.45, 2.75) is 81.6 Å². The van der Waals surface area contributed by atoms with Gasteiger partial charge in [-0.1, -0.05) is 6.07 Å². The summed E-state index contributed by atoms with van der Waals surface area (Å²) < 4.78 is 13.0. The smallest absolute Gasteiger partial charge is 0.165 e. The predicted octanol–water partition coefficient (Wildman–Crippen LogP) is 2.97. The van der Waals surface area contributed by atoms with Crippen molar-refractivity contribution in [2.24, 2.45) is 11.3 Å². The minimum Gasteiger partial charge on any atom is -0.504 e. The Morgan fingerprint density at radius 3 is 2.73 bits per heavy atom. The zero-order valence-corrected chi connectivity index (χ0v) is 18.3. The molecule has 0 aromatic heterocycles. The van der Waals surface area contributed by atoms with E-state index in [2.05, 4.69) is 11.0 Å². The molecule has 1 saturated heterocycles. The maximum absolute atomic E-state index is 11.3. The number of rotatable bonds is 2. The van der Waals surface area contributed by atoms with Gasteiger partial charge in [-0.15, -0.1) is 0 Å². The lowest BCUT2D eigenvalue weighted by molar-refractivity contribution is -0.296. The Labute approximate surface area is 177 Å². The number of aromatic hydroxyl groups is 1. The molecule has 1 aromatic carbocycles. The van der Waals surface area contributed by atoms with E-state index in [4.69, 9.17) is 14.9 Å². The summed E-state index contributed by atoms with van der Waals surface area (Å²) in [6, 6.07) is 4.02. The Kier molecular flexibility index (Phi) is 3.37. The number of amidine groups is 1. The molecule has 30 heavy (non-hydrogen) atoms. The Hall–Kier alpha value is -1.79. The number of phenolic OH excluding ortho intramolecular Hbond substituents is 1. The molecule has 4 fully saturated rings. The average molecular weight is 413 g/mol. The van der Waals surface area contributed by atoms with Crippen molar-refractivity contribution in [1.82, 2.24) is 4.90 Å². The number of benzene rings is 1. The highest BCUT2D eigenvalue weighted by molar-refractivity contribution is 5.78. The number of nitrogens with one attached hydrogen (secondary N) is 1. The maximum atomic E-state index is 11.3. The summed E-state index contributed by atoms with van der Waals surface area (Å²) in [5.74, 6) is 1.40. The van der Waals surface area contributed by atoms with E-state index in [1.165, 1.54) is 11.1 Å². The van der Waals surface area contributed by atoms with E-state index in [0.29, 0.717) is 11.6 Å². The first-order valence-corrected chi connectivity index (χ1v) is 11.2. The van der Waals surface area contributed by atoms with Crippen LogP contribution in [0.5, 0.6) is 11.5 Å². The first-order chi connectivity index (χ1) is 14.1. The number of ether oxygens (including phenoxy) is 2. The van der Waals surface area contributed by atoms with Crippen molar-refractivity contribution in [2.75, 3.05) is 13.7 Å². The normalized spacial score (nSPS) is 42.7. The standard InChI is InChI=1S/C24H32N2O4/c1-13(25)26-10-9-23-18-14-5-6-15(27)19(18)30-20(23)24(29-4)8-7-22(23,17(26)11-14)12-16(24)21(2,3)28/h5-6,16-17,20,25,27-28H,7-12H2,1-4H3/t16?,17-,20-,22?,23+,24-/m1/s1. The van der Waals surface area contributed by atoms with Gasteiger partial charge in [0.2, 0.25) is 0 Å². The molecular weight excluding hydrogens is 380 g/mol. The van der Waals surface area contributed by atoms with E-state index < -0.39 is 11.2 Å². The van der Waals surface area contributed by atoms with Crippen LogP contribution in [0.3, 0.4) is 0 Å². The predicted molar refractivity (Wildman–Crippen MR) is 112 cm³/mol. The third-order valence-electron chi connectivity index (χ3n) is 9.64. The van der Waals surface area contributed by atoms with Crippen molar-refractivity contribution in [3.8, 4) is 11.5 Å². The molecule has 4 bridgehead atoms. The molecule has 6 atom stereocenters. The van der Waals surface area contributed by atoms with E-state index in [-0.39, 0.29) is 34.6 Å². The molecule has 6 heteroatoms. The molecule has 3 saturated carbocycles. The van der Waals surface area contributed by atoms with Crippen LogP contribution < -0.4 is 4.74 Å². The number of fused-ring (bicyclic) bond motifs is 2. The quantitative estimate of drug-likeness (QED) is 0.514. The molecular formula is C24H32N2O4. The number of likely N-dealkylation sites (tertiary alicyclic amines) is 1. The van der Waals surface area contributed by atoms with Crippen LogP contribution in [0.2, 0.25) is 0 Å². The summed E-state index contributed by atoms with van der Waals surface area (Å²) >= 11 is 0. The van der Waals surface area contributed by atoms with Gasteiger partial charge in [-0.2, -0.15) is 0 Å². The molecule has 4 aliphatic carbocycles. The second kappa shape index (κ2) is 5.33. The van der Waals surface area contributed by atoms with Crippen LogP contribution >= 0.6 is 0 Å². The van der Waals surface area contributed by atoms with Gasteiger partial charge in [-0.25, -0.2) is 0 Å². The SMILES string of the molecule is CO[C@]12CCC3(CC1C(C)(C)O)[C@H]1Cc4ccc(O)c5c4[C@@]3(CCN1C(C)=N)[C@H]2O5. The monoisotopic (exact) mass is 412 g/mol. The summed E-state index contributed by atoms with van der Waals surface area (Å²) in [4.78, 5) is 2.29. The van der Waals surface area contributed by atoms with E-state index >= 15 is 0 Å². The van der Waals surface area contributed by atoms with Gasteiger partial charge in [0, 0.05) is 42.0 Å². The molecule has 2 unspecified atom stereocenters. The number of nitrogens with zero attached hydrogens (tertiary/aromatic N) is 1. The third-order valence-corrected chi connectivity index (χ3v) is 9.64. The van der Waals surface area contributed by atoms with Gasteiger partial charge in [-0.05, 0) is 64.5 Å². The van der Waals surface area contributed by atoms with Gasteiger partial charge < -0.3 is 24.6 Å². The number of phenols is 1. The Morgan fingerprint density at radius 1 is 1.30 bits per heavy atom. The van der Waals surface area contributed by atoms with Crippen LogP contribution in [0.1, 0.15) is 57.6 Å². The van der Waals surface area contributed by atoms with E-state index in [1.807, 2.05) is 20.8 Å². The van der Waals surface area contributed by atoms with Crippen LogP contribution in [0.25, 0.3) is 0 Å². The molecule has 7 rings (SSSR count). The largest absolute Gasteiger partial charge is 0.504 e. The molecule has 0 amide bonds. The second-order valence-electron chi connectivity index (χ2n) is 10.9. The zero-order chi connectivity index (χ0) is 21.3. The van der Waals surface area contributed by atoms with Gasteiger partial charge in [0.1, 0.15) is 11.7 Å².